The summed E-state index contributed by atoms with van der Waals surface area (Å²) in [7, 11) is 1.55. The van der Waals surface area contributed by atoms with E-state index >= 15 is 0 Å². The van der Waals surface area contributed by atoms with E-state index in [2.05, 4.69) is 0 Å². The molecule has 0 saturated heterocycles. The summed E-state index contributed by atoms with van der Waals surface area (Å²) in [5.41, 5.74) is 7.24. The Kier molecular flexibility index (Phi) is 2.77. The zero-order valence-electron chi connectivity index (χ0n) is 8.91. The number of halogens is 1. The first kappa shape index (κ1) is 10.5. The van der Waals surface area contributed by atoms with Crippen molar-refractivity contribution in [1.82, 2.24) is 0 Å². The number of methoxy groups -OCH3 is 1. The van der Waals surface area contributed by atoms with Gasteiger partial charge in [0.15, 0.2) is 0 Å². The maximum atomic E-state index is 13.7. The van der Waals surface area contributed by atoms with Gasteiger partial charge < -0.3 is 10.5 Å². The molecule has 2 nitrogen and oxygen atoms in total. The Balaban J connectivity index is 2.67. The van der Waals surface area contributed by atoms with Crippen LogP contribution in [0.3, 0.4) is 0 Å². The molecule has 0 spiro atoms. The summed E-state index contributed by atoms with van der Waals surface area (Å²) in [6, 6.07) is 11.9. The van der Waals surface area contributed by atoms with Crippen LogP contribution in [0.1, 0.15) is 0 Å². The lowest BCUT2D eigenvalue weighted by atomic mass is 10.0. The molecular formula is C13H12FNO. The zero-order valence-corrected chi connectivity index (χ0v) is 8.91. The molecular weight excluding hydrogens is 205 g/mol. The molecule has 0 fully saturated rings. The lowest BCUT2D eigenvalue weighted by Crippen LogP contribution is -1.95. The average Bonchev–Trinajstić information content (AvgIpc) is 2.29. The maximum Gasteiger partial charge on any atom is 0.133 e. The van der Waals surface area contributed by atoms with Gasteiger partial charge in [-0.05, 0) is 18.2 Å². The van der Waals surface area contributed by atoms with E-state index < -0.39 is 0 Å². The summed E-state index contributed by atoms with van der Waals surface area (Å²) >= 11 is 0. The van der Waals surface area contributed by atoms with Crippen LogP contribution in [0, 0.1) is 5.82 Å². The van der Waals surface area contributed by atoms with E-state index in [1.54, 1.807) is 31.4 Å². The molecule has 0 aromatic heterocycles. The van der Waals surface area contributed by atoms with E-state index in [1.165, 1.54) is 6.07 Å². The number of nitrogens with two attached hydrogens (primary N) is 1. The molecule has 0 atom stereocenters. The highest BCUT2D eigenvalue weighted by atomic mass is 19.1. The molecule has 0 amide bonds. The fourth-order valence-corrected chi connectivity index (χ4v) is 1.68. The quantitative estimate of drug-likeness (QED) is 0.784. The van der Waals surface area contributed by atoms with Crippen molar-refractivity contribution < 1.29 is 9.13 Å². The van der Waals surface area contributed by atoms with Crippen molar-refractivity contribution >= 4 is 5.69 Å². The summed E-state index contributed by atoms with van der Waals surface area (Å²) in [6.45, 7) is 0. The fraction of sp³-hybridized carbons (Fsp3) is 0.0769. The molecule has 3 heteroatoms. The highest BCUT2D eigenvalue weighted by Gasteiger charge is 2.12. The minimum Gasteiger partial charge on any atom is -0.496 e. The first-order valence-corrected chi connectivity index (χ1v) is 4.91. The summed E-state index contributed by atoms with van der Waals surface area (Å²) in [5, 5.41) is 0. The predicted molar refractivity (Wildman–Crippen MR) is 62.8 cm³/mol. The van der Waals surface area contributed by atoms with Gasteiger partial charge in [0.05, 0.1) is 7.11 Å². The van der Waals surface area contributed by atoms with E-state index in [-0.39, 0.29) is 5.82 Å². The second kappa shape index (κ2) is 4.23. The third-order valence-electron chi connectivity index (χ3n) is 2.42. The van der Waals surface area contributed by atoms with Crippen LogP contribution in [-0.2, 0) is 0 Å². The van der Waals surface area contributed by atoms with Crippen LogP contribution >= 0.6 is 0 Å². The monoisotopic (exact) mass is 217 g/mol. The Hall–Kier alpha value is -2.03. The number of benzene rings is 2. The van der Waals surface area contributed by atoms with Gasteiger partial charge in [0.25, 0.3) is 0 Å². The van der Waals surface area contributed by atoms with Gasteiger partial charge in [-0.3, -0.25) is 0 Å². The summed E-state index contributed by atoms with van der Waals surface area (Å²) < 4.78 is 18.9. The van der Waals surface area contributed by atoms with Gasteiger partial charge in [-0.2, -0.15) is 0 Å². The largest absolute Gasteiger partial charge is 0.496 e. The molecule has 0 unspecified atom stereocenters. The predicted octanol–water partition coefficient (Wildman–Crippen LogP) is 3.08. The summed E-state index contributed by atoms with van der Waals surface area (Å²) in [4.78, 5) is 0. The lowest BCUT2D eigenvalue weighted by molar-refractivity contribution is 0.416. The van der Waals surface area contributed by atoms with E-state index in [1.807, 2.05) is 12.1 Å². The van der Waals surface area contributed by atoms with Gasteiger partial charge in [-0.1, -0.05) is 24.3 Å². The molecule has 0 aliphatic rings. The molecule has 0 radical (unpaired) electrons. The van der Waals surface area contributed by atoms with Crippen molar-refractivity contribution in [3.63, 3.8) is 0 Å². The van der Waals surface area contributed by atoms with Crippen molar-refractivity contribution in [3.8, 4) is 16.9 Å². The zero-order chi connectivity index (χ0) is 11.5. The van der Waals surface area contributed by atoms with Crippen molar-refractivity contribution in [2.24, 2.45) is 0 Å². The molecule has 0 saturated carbocycles. The van der Waals surface area contributed by atoms with Gasteiger partial charge in [-0.15, -0.1) is 0 Å². The van der Waals surface area contributed by atoms with E-state index in [9.17, 15) is 4.39 Å². The standard InChI is InChI=1S/C13H12FNO/c1-16-12-8-3-2-5-9(12)13-10(14)6-4-7-11(13)15/h2-8H,15H2,1H3. The molecule has 0 bridgehead atoms. The van der Waals surface area contributed by atoms with Crippen molar-refractivity contribution in [1.29, 1.82) is 0 Å². The van der Waals surface area contributed by atoms with Crippen LogP contribution in [0.15, 0.2) is 42.5 Å². The van der Waals surface area contributed by atoms with E-state index in [0.29, 0.717) is 22.6 Å². The molecule has 16 heavy (non-hydrogen) atoms. The maximum absolute atomic E-state index is 13.7. The van der Waals surface area contributed by atoms with Crippen LogP contribution in [0.4, 0.5) is 10.1 Å². The fourth-order valence-electron chi connectivity index (χ4n) is 1.68. The van der Waals surface area contributed by atoms with Crippen LogP contribution < -0.4 is 10.5 Å². The minimum absolute atomic E-state index is 0.343. The van der Waals surface area contributed by atoms with Crippen LogP contribution in [0.2, 0.25) is 0 Å². The Morgan fingerprint density at radius 3 is 2.50 bits per heavy atom. The molecule has 0 aliphatic carbocycles. The van der Waals surface area contributed by atoms with E-state index in [4.69, 9.17) is 10.5 Å². The SMILES string of the molecule is COc1ccccc1-c1c(N)cccc1F. The van der Waals surface area contributed by atoms with Gasteiger partial charge in [0.1, 0.15) is 11.6 Å². The molecule has 2 aromatic rings. The van der Waals surface area contributed by atoms with Crippen molar-refractivity contribution in [2.45, 2.75) is 0 Å². The number of para-hydroxylation sites is 1. The number of anilines is 1. The van der Waals surface area contributed by atoms with Crippen LogP contribution in [-0.4, -0.2) is 7.11 Å². The first-order valence-electron chi connectivity index (χ1n) is 4.91. The van der Waals surface area contributed by atoms with E-state index in [0.717, 1.165) is 0 Å². The first-order chi connectivity index (χ1) is 7.74. The number of nitrogen functional groups attached to an aromatic ring is 1. The Morgan fingerprint density at radius 1 is 1.06 bits per heavy atom. The smallest absolute Gasteiger partial charge is 0.133 e. The topological polar surface area (TPSA) is 35.2 Å². The molecule has 82 valence electrons. The normalized spacial score (nSPS) is 10.1. The van der Waals surface area contributed by atoms with Gasteiger partial charge in [-0.25, -0.2) is 4.39 Å². The highest BCUT2D eigenvalue weighted by Crippen LogP contribution is 2.35. The molecule has 0 aliphatic heterocycles. The Morgan fingerprint density at radius 2 is 1.81 bits per heavy atom. The second-order valence-corrected chi connectivity index (χ2v) is 3.40. The molecule has 2 rings (SSSR count). The molecule has 2 N–H and O–H groups in total. The Labute approximate surface area is 93.5 Å². The average molecular weight is 217 g/mol. The van der Waals surface area contributed by atoms with Crippen molar-refractivity contribution in [2.75, 3.05) is 12.8 Å². The van der Waals surface area contributed by atoms with Gasteiger partial charge >= 0.3 is 0 Å². The third kappa shape index (κ3) is 1.72. The van der Waals surface area contributed by atoms with Crippen LogP contribution in [0.25, 0.3) is 11.1 Å². The summed E-state index contributed by atoms with van der Waals surface area (Å²) in [6.07, 6.45) is 0. The van der Waals surface area contributed by atoms with Gasteiger partial charge in [0, 0.05) is 16.8 Å². The minimum atomic E-state index is -0.343. The Bertz CT molecular complexity index is 491. The summed E-state index contributed by atoms with van der Waals surface area (Å²) in [5.74, 6) is 0.267. The number of hydrogen-bond donors (Lipinski definition) is 1. The van der Waals surface area contributed by atoms with Gasteiger partial charge in [0.2, 0.25) is 0 Å². The third-order valence-corrected chi connectivity index (χ3v) is 2.42. The van der Waals surface area contributed by atoms with Crippen LogP contribution in [0.5, 0.6) is 5.75 Å². The lowest BCUT2D eigenvalue weighted by Gasteiger charge is -2.11. The second-order valence-electron chi connectivity index (χ2n) is 3.40. The molecule has 2 aromatic carbocycles. The number of hydrogen-bond acceptors (Lipinski definition) is 2. The van der Waals surface area contributed by atoms with Crippen molar-refractivity contribution in [3.05, 3.63) is 48.3 Å². The number of ether oxygens (including phenoxy) is 1. The molecule has 0 heterocycles. The highest BCUT2D eigenvalue weighted by molar-refractivity contribution is 5.80. The number of rotatable bonds is 2.